The van der Waals surface area contributed by atoms with Crippen molar-refractivity contribution in [1.82, 2.24) is 9.97 Å². The smallest absolute Gasteiger partial charge is 0.323 e. The molecular formula is C13H11BrN2O2. The number of rotatable bonds is 2. The zero-order valence-electron chi connectivity index (χ0n) is 9.66. The number of fused-ring (bicyclic) bond motifs is 1. The number of hydrogen-bond donors (Lipinski definition) is 2. The van der Waals surface area contributed by atoms with Crippen LogP contribution in [-0.4, -0.2) is 9.97 Å². The molecule has 0 radical (unpaired) electrons. The fourth-order valence-corrected chi connectivity index (χ4v) is 2.49. The lowest BCUT2D eigenvalue weighted by Gasteiger charge is -2.07. The number of aromatic nitrogens is 2. The number of benzene rings is 1. The topological polar surface area (TPSA) is 61.8 Å². The molecule has 1 atom stereocenters. The summed E-state index contributed by atoms with van der Waals surface area (Å²) in [7, 11) is 0. The van der Waals surface area contributed by atoms with Gasteiger partial charge in [-0.3, -0.25) is 0 Å². The van der Waals surface area contributed by atoms with E-state index in [1.54, 1.807) is 0 Å². The lowest BCUT2D eigenvalue weighted by Crippen LogP contribution is -1.99. The van der Waals surface area contributed by atoms with Crippen LogP contribution in [0.5, 0.6) is 0 Å². The molecule has 1 aromatic carbocycles. The van der Waals surface area contributed by atoms with E-state index in [4.69, 9.17) is 4.42 Å². The van der Waals surface area contributed by atoms with Crippen molar-refractivity contribution in [2.75, 3.05) is 0 Å². The van der Waals surface area contributed by atoms with Crippen molar-refractivity contribution in [3.8, 4) is 0 Å². The highest BCUT2D eigenvalue weighted by molar-refractivity contribution is 9.09. The minimum atomic E-state index is -0.192. The quantitative estimate of drug-likeness (QED) is 0.714. The van der Waals surface area contributed by atoms with Gasteiger partial charge in [-0.1, -0.05) is 22.0 Å². The van der Waals surface area contributed by atoms with E-state index in [-0.39, 0.29) is 10.5 Å². The first kappa shape index (κ1) is 11.3. The van der Waals surface area contributed by atoms with E-state index in [0.717, 1.165) is 28.1 Å². The summed E-state index contributed by atoms with van der Waals surface area (Å²) >= 11 is 3.60. The molecule has 4 nitrogen and oxygen atoms in total. The lowest BCUT2D eigenvalue weighted by atomic mass is 10.1. The zero-order chi connectivity index (χ0) is 12.7. The van der Waals surface area contributed by atoms with Crippen LogP contribution in [0.3, 0.4) is 0 Å². The second-order valence-electron chi connectivity index (χ2n) is 4.20. The summed E-state index contributed by atoms with van der Waals surface area (Å²) in [6, 6.07) is 9.65. The Morgan fingerprint density at radius 2 is 1.94 bits per heavy atom. The molecule has 18 heavy (non-hydrogen) atoms. The third kappa shape index (κ3) is 1.90. The Hall–Kier alpha value is -1.75. The number of aryl methyl sites for hydroxylation is 1. The zero-order valence-corrected chi connectivity index (χ0v) is 11.2. The highest BCUT2D eigenvalue weighted by atomic mass is 79.9. The predicted octanol–water partition coefficient (Wildman–Crippen LogP) is 3.24. The summed E-state index contributed by atoms with van der Waals surface area (Å²) in [6.07, 6.45) is 0. The first-order valence-electron chi connectivity index (χ1n) is 5.56. The van der Waals surface area contributed by atoms with Gasteiger partial charge in [0.05, 0.1) is 15.9 Å². The first-order chi connectivity index (χ1) is 8.63. The van der Waals surface area contributed by atoms with Crippen molar-refractivity contribution in [1.29, 1.82) is 0 Å². The fourth-order valence-electron chi connectivity index (χ4n) is 1.96. The Kier molecular flexibility index (Phi) is 2.63. The normalized spacial score (nSPS) is 13.0. The SMILES string of the molecule is Cc1ccc(C(Br)c2ccc3[nH]c(=O)[nH]c3c2)o1. The Balaban J connectivity index is 2.05. The molecule has 3 rings (SSSR count). The summed E-state index contributed by atoms with van der Waals surface area (Å²) in [4.78, 5) is 16.6. The van der Waals surface area contributed by atoms with Gasteiger partial charge < -0.3 is 14.4 Å². The van der Waals surface area contributed by atoms with Gasteiger partial charge in [0.25, 0.3) is 0 Å². The third-order valence-electron chi connectivity index (χ3n) is 2.84. The molecule has 0 aliphatic rings. The monoisotopic (exact) mass is 306 g/mol. The van der Waals surface area contributed by atoms with Gasteiger partial charge in [0.1, 0.15) is 11.5 Å². The number of halogens is 1. The maximum absolute atomic E-state index is 11.2. The van der Waals surface area contributed by atoms with Gasteiger partial charge in [0.2, 0.25) is 0 Å². The van der Waals surface area contributed by atoms with Crippen molar-refractivity contribution < 1.29 is 4.42 Å². The Morgan fingerprint density at radius 3 is 2.67 bits per heavy atom. The van der Waals surface area contributed by atoms with Crippen LogP contribution < -0.4 is 5.69 Å². The molecule has 0 bridgehead atoms. The minimum Gasteiger partial charge on any atom is -0.465 e. The number of furan rings is 1. The van der Waals surface area contributed by atoms with E-state index in [1.807, 2.05) is 37.3 Å². The first-order valence-corrected chi connectivity index (χ1v) is 6.47. The molecule has 2 aromatic heterocycles. The fraction of sp³-hybridized carbons (Fsp3) is 0.154. The Morgan fingerprint density at radius 1 is 1.17 bits per heavy atom. The number of aromatic amines is 2. The summed E-state index contributed by atoms with van der Waals surface area (Å²) in [5.74, 6) is 1.73. The van der Waals surface area contributed by atoms with Crippen molar-refractivity contribution in [3.63, 3.8) is 0 Å². The van der Waals surface area contributed by atoms with E-state index in [1.165, 1.54) is 0 Å². The maximum Gasteiger partial charge on any atom is 0.323 e. The molecular weight excluding hydrogens is 296 g/mol. The molecule has 1 unspecified atom stereocenters. The van der Waals surface area contributed by atoms with E-state index in [0.29, 0.717) is 0 Å². The number of H-pyrrole nitrogens is 2. The van der Waals surface area contributed by atoms with E-state index >= 15 is 0 Å². The molecule has 0 amide bonds. The van der Waals surface area contributed by atoms with Crippen LogP contribution in [0.4, 0.5) is 0 Å². The standard InChI is InChI=1S/C13H11BrN2O2/c1-7-2-5-11(18-7)12(14)8-3-4-9-10(6-8)16-13(17)15-9/h2-6,12H,1H3,(H2,15,16,17). The molecule has 3 aromatic rings. The van der Waals surface area contributed by atoms with Gasteiger partial charge in [-0.2, -0.15) is 0 Å². The van der Waals surface area contributed by atoms with Crippen molar-refractivity contribution >= 4 is 27.0 Å². The number of nitrogens with one attached hydrogen (secondary N) is 2. The Bertz CT molecular complexity index is 754. The van der Waals surface area contributed by atoms with Crippen molar-refractivity contribution in [3.05, 3.63) is 57.9 Å². The summed E-state index contributed by atoms with van der Waals surface area (Å²) < 4.78 is 5.59. The van der Waals surface area contributed by atoms with Crippen LogP contribution in [-0.2, 0) is 0 Å². The largest absolute Gasteiger partial charge is 0.465 e. The van der Waals surface area contributed by atoms with Crippen LogP contribution in [0, 0.1) is 6.92 Å². The van der Waals surface area contributed by atoms with Gasteiger partial charge in [-0.25, -0.2) is 4.79 Å². The van der Waals surface area contributed by atoms with E-state index in [2.05, 4.69) is 25.9 Å². The van der Waals surface area contributed by atoms with Crippen LogP contribution >= 0.6 is 15.9 Å². The van der Waals surface area contributed by atoms with E-state index < -0.39 is 0 Å². The summed E-state index contributed by atoms with van der Waals surface area (Å²) in [5.41, 5.74) is 2.44. The van der Waals surface area contributed by atoms with Crippen molar-refractivity contribution in [2.24, 2.45) is 0 Å². The molecule has 0 saturated heterocycles. The highest BCUT2D eigenvalue weighted by Crippen LogP contribution is 2.32. The molecule has 0 fully saturated rings. The molecule has 5 heteroatoms. The van der Waals surface area contributed by atoms with Gasteiger partial charge in [-0.05, 0) is 36.8 Å². The van der Waals surface area contributed by atoms with Crippen LogP contribution in [0.1, 0.15) is 21.9 Å². The second-order valence-corrected chi connectivity index (χ2v) is 5.11. The molecule has 92 valence electrons. The van der Waals surface area contributed by atoms with Crippen molar-refractivity contribution in [2.45, 2.75) is 11.8 Å². The molecule has 2 N–H and O–H groups in total. The highest BCUT2D eigenvalue weighted by Gasteiger charge is 2.14. The van der Waals surface area contributed by atoms with Gasteiger partial charge in [0, 0.05) is 0 Å². The Labute approximate surface area is 111 Å². The lowest BCUT2D eigenvalue weighted by molar-refractivity contribution is 0.492. The average molecular weight is 307 g/mol. The molecule has 0 aliphatic heterocycles. The maximum atomic E-state index is 11.2. The van der Waals surface area contributed by atoms with Gasteiger partial charge >= 0.3 is 5.69 Å². The molecule has 0 saturated carbocycles. The molecule has 0 aliphatic carbocycles. The third-order valence-corrected chi connectivity index (χ3v) is 3.82. The summed E-state index contributed by atoms with van der Waals surface area (Å²) in [5, 5.41) is 0. The summed E-state index contributed by atoms with van der Waals surface area (Å²) in [6.45, 7) is 1.91. The minimum absolute atomic E-state index is 0.0194. The number of hydrogen-bond acceptors (Lipinski definition) is 2. The van der Waals surface area contributed by atoms with Crippen LogP contribution in [0.25, 0.3) is 11.0 Å². The van der Waals surface area contributed by atoms with Crippen LogP contribution in [0.2, 0.25) is 0 Å². The van der Waals surface area contributed by atoms with E-state index in [9.17, 15) is 4.79 Å². The average Bonchev–Trinajstić information content (AvgIpc) is 2.92. The molecule has 0 spiro atoms. The predicted molar refractivity (Wildman–Crippen MR) is 73.1 cm³/mol. The van der Waals surface area contributed by atoms with Gasteiger partial charge in [0.15, 0.2) is 0 Å². The number of alkyl halides is 1. The number of imidazole rings is 1. The van der Waals surface area contributed by atoms with Crippen LogP contribution in [0.15, 0.2) is 39.5 Å². The van der Waals surface area contributed by atoms with Gasteiger partial charge in [-0.15, -0.1) is 0 Å². The molecule has 2 heterocycles. The second kappa shape index (κ2) is 4.17.